The fourth-order valence-electron chi connectivity index (χ4n) is 2.46. The molecule has 30 heavy (non-hydrogen) atoms. The summed E-state index contributed by atoms with van der Waals surface area (Å²) in [5.41, 5.74) is 5.19. The lowest BCUT2D eigenvalue weighted by atomic mass is 10.1. The van der Waals surface area contributed by atoms with Crippen molar-refractivity contribution in [2.75, 3.05) is 0 Å². The Labute approximate surface area is 172 Å². The number of esters is 1. The van der Waals surface area contributed by atoms with Crippen LogP contribution >= 0.6 is 11.6 Å². The number of carbonyl (C=O) groups excluding carboxylic acids is 1. The van der Waals surface area contributed by atoms with Gasteiger partial charge in [0.05, 0.1) is 12.1 Å². The molecule has 0 spiro atoms. The van der Waals surface area contributed by atoms with Crippen LogP contribution in [0.25, 0.3) is 11.5 Å². The molecular formula is C19H15ClF3N3O4. The largest absolute Gasteiger partial charge is 0.437 e. The van der Waals surface area contributed by atoms with Crippen LogP contribution in [0.15, 0.2) is 51.7 Å². The molecule has 0 aliphatic carbocycles. The maximum Gasteiger partial charge on any atom is 0.437 e. The second-order valence-electron chi connectivity index (χ2n) is 6.37. The third-order valence-electron chi connectivity index (χ3n) is 3.99. The first kappa shape index (κ1) is 21.6. The number of ether oxygens (including phenoxy) is 1. The topological polar surface area (TPSA) is 100 Å². The van der Waals surface area contributed by atoms with Crippen molar-refractivity contribution in [3.63, 3.8) is 0 Å². The highest BCUT2D eigenvalue weighted by atomic mass is 35.5. The summed E-state index contributed by atoms with van der Waals surface area (Å²) in [5, 5.41) is 4.32. The molecule has 0 aliphatic rings. The van der Waals surface area contributed by atoms with Crippen LogP contribution < -0.4 is 16.2 Å². The monoisotopic (exact) mass is 441 g/mol. The van der Waals surface area contributed by atoms with Gasteiger partial charge in [-0.3, -0.25) is 0 Å². The summed E-state index contributed by atoms with van der Waals surface area (Å²) in [6.07, 6.45) is -4.49. The van der Waals surface area contributed by atoms with Crippen LogP contribution in [0.5, 0.6) is 5.75 Å². The Bertz CT molecular complexity index is 1120. The number of halogens is 4. The second-order valence-corrected chi connectivity index (χ2v) is 6.80. The van der Waals surface area contributed by atoms with E-state index in [4.69, 9.17) is 26.5 Å². The average molecular weight is 442 g/mol. The van der Waals surface area contributed by atoms with Gasteiger partial charge in [-0.2, -0.15) is 17.9 Å². The van der Waals surface area contributed by atoms with Gasteiger partial charge in [0.2, 0.25) is 5.89 Å². The van der Waals surface area contributed by atoms with Gasteiger partial charge in [0, 0.05) is 16.1 Å². The van der Waals surface area contributed by atoms with E-state index in [1.807, 2.05) is 0 Å². The van der Waals surface area contributed by atoms with Gasteiger partial charge in [0.1, 0.15) is 11.8 Å². The predicted molar refractivity (Wildman–Crippen MR) is 101 cm³/mol. The maximum absolute atomic E-state index is 12.7. The van der Waals surface area contributed by atoms with E-state index in [0.29, 0.717) is 10.6 Å². The molecule has 1 unspecified atom stereocenters. The van der Waals surface area contributed by atoms with Crippen molar-refractivity contribution >= 4 is 17.6 Å². The first-order valence-electron chi connectivity index (χ1n) is 8.56. The Balaban J connectivity index is 1.89. The van der Waals surface area contributed by atoms with Crippen LogP contribution in [-0.2, 0) is 17.5 Å². The number of rotatable bonds is 5. The molecule has 158 valence electrons. The zero-order valence-electron chi connectivity index (χ0n) is 15.4. The van der Waals surface area contributed by atoms with Gasteiger partial charge in [-0.1, -0.05) is 11.6 Å². The molecule has 1 aromatic heterocycles. The Morgan fingerprint density at radius 3 is 2.53 bits per heavy atom. The number of alkyl halides is 3. The maximum atomic E-state index is 12.7. The van der Waals surface area contributed by atoms with Crippen molar-refractivity contribution in [3.05, 3.63) is 69.2 Å². The van der Waals surface area contributed by atoms with E-state index in [2.05, 4.69) is 5.10 Å². The lowest BCUT2D eigenvalue weighted by Crippen LogP contribution is -2.31. The number of nitrogens with zero attached hydrogens (tertiary/aromatic N) is 2. The third kappa shape index (κ3) is 4.89. The number of aromatic nitrogens is 2. The number of benzene rings is 2. The predicted octanol–water partition coefficient (Wildman–Crippen LogP) is 3.48. The first-order valence-corrected chi connectivity index (χ1v) is 8.93. The minimum atomic E-state index is -4.49. The van der Waals surface area contributed by atoms with Gasteiger partial charge < -0.3 is 14.9 Å². The summed E-state index contributed by atoms with van der Waals surface area (Å²) in [4.78, 5) is 24.0. The van der Waals surface area contributed by atoms with Gasteiger partial charge in [0.25, 0.3) is 0 Å². The van der Waals surface area contributed by atoms with Crippen molar-refractivity contribution in [2.24, 2.45) is 5.73 Å². The Morgan fingerprint density at radius 2 is 1.93 bits per heavy atom. The van der Waals surface area contributed by atoms with Crippen LogP contribution in [0.4, 0.5) is 13.2 Å². The van der Waals surface area contributed by atoms with Crippen molar-refractivity contribution in [3.8, 4) is 17.2 Å². The highest BCUT2D eigenvalue weighted by Gasteiger charge is 2.30. The van der Waals surface area contributed by atoms with Crippen molar-refractivity contribution in [1.29, 1.82) is 0 Å². The highest BCUT2D eigenvalue weighted by Crippen LogP contribution is 2.30. The minimum absolute atomic E-state index is 0.132. The normalized spacial score (nSPS) is 12.6. The van der Waals surface area contributed by atoms with Crippen LogP contribution in [0.3, 0.4) is 0 Å². The highest BCUT2D eigenvalue weighted by molar-refractivity contribution is 6.30. The van der Waals surface area contributed by atoms with Crippen molar-refractivity contribution in [2.45, 2.75) is 25.7 Å². The molecule has 11 heteroatoms. The summed E-state index contributed by atoms with van der Waals surface area (Å²) < 4.78 is 49.3. The van der Waals surface area contributed by atoms with E-state index in [9.17, 15) is 22.8 Å². The molecule has 0 radical (unpaired) electrons. The summed E-state index contributed by atoms with van der Waals surface area (Å²) in [7, 11) is 0. The number of hydrogen-bond donors (Lipinski definition) is 1. The van der Waals surface area contributed by atoms with Gasteiger partial charge in [-0.05, 0) is 49.4 Å². The molecule has 0 aliphatic heterocycles. The van der Waals surface area contributed by atoms with Crippen molar-refractivity contribution in [1.82, 2.24) is 9.78 Å². The first-order chi connectivity index (χ1) is 14.0. The number of hydrogen-bond acceptors (Lipinski definition) is 6. The Morgan fingerprint density at radius 1 is 1.27 bits per heavy atom. The van der Waals surface area contributed by atoms with Gasteiger partial charge >= 0.3 is 17.9 Å². The summed E-state index contributed by atoms with van der Waals surface area (Å²) >= 11 is 5.99. The van der Waals surface area contributed by atoms with Crippen molar-refractivity contribution < 1.29 is 27.1 Å². The fourth-order valence-corrected chi connectivity index (χ4v) is 2.65. The lowest BCUT2D eigenvalue weighted by Gasteiger charge is -2.11. The zero-order chi connectivity index (χ0) is 22.1. The quantitative estimate of drug-likeness (QED) is 0.480. The molecule has 3 aromatic rings. The molecule has 1 atom stereocenters. The van der Waals surface area contributed by atoms with Gasteiger partial charge in [0.15, 0.2) is 0 Å². The third-order valence-corrected chi connectivity index (χ3v) is 4.23. The van der Waals surface area contributed by atoms with E-state index in [0.717, 1.165) is 28.9 Å². The molecule has 0 saturated carbocycles. The number of nitrogens with two attached hydrogens (primary N) is 1. The van der Waals surface area contributed by atoms with Crippen LogP contribution in [-0.4, -0.2) is 21.8 Å². The standard InChI is InChI=1S/C19H15ClF3N3O4/c1-10(24)17(27)29-15-7-6-14(20)8-12(15)9-26-18(28)30-16(25-26)11-2-4-13(5-3-11)19(21,22)23/h2-8,10H,9,24H2,1H3. The molecule has 3 rings (SSSR count). The molecule has 0 bridgehead atoms. The second kappa shape index (κ2) is 8.33. The van der Waals surface area contributed by atoms with Crippen LogP contribution in [0.2, 0.25) is 5.02 Å². The average Bonchev–Trinajstić information content (AvgIpc) is 3.03. The van der Waals surface area contributed by atoms with E-state index in [1.165, 1.54) is 25.1 Å². The molecule has 1 heterocycles. The van der Waals surface area contributed by atoms with E-state index in [1.54, 1.807) is 0 Å². The van der Waals surface area contributed by atoms with Gasteiger partial charge in [-0.25, -0.2) is 9.59 Å². The van der Waals surface area contributed by atoms with E-state index >= 15 is 0 Å². The minimum Gasteiger partial charge on any atom is -0.425 e. The summed E-state index contributed by atoms with van der Waals surface area (Å²) in [6, 6.07) is 7.56. The SMILES string of the molecule is CC(N)C(=O)Oc1ccc(Cl)cc1Cn1nc(-c2ccc(C(F)(F)F)cc2)oc1=O. The zero-order valence-corrected chi connectivity index (χ0v) is 16.2. The molecule has 0 saturated heterocycles. The molecule has 7 nitrogen and oxygen atoms in total. The molecule has 0 amide bonds. The summed E-state index contributed by atoms with van der Waals surface area (Å²) in [5.74, 6) is -1.57. The van der Waals surface area contributed by atoms with Crippen LogP contribution in [0, 0.1) is 0 Å². The Hall–Kier alpha value is -3.11. The molecular weight excluding hydrogens is 427 g/mol. The summed E-state index contributed by atoms with van der Waals surface area (Å²) in [6.45, 7) is 1.29. The smallest absolute Gasteiger partial charge is 0.425 e. The fraction of sp³-hybridized carbons (Fsp3) is 0.211. The molecule has 2 aromatic carbocycles. The molecule has 2 N–H and O–H groups in total. The Kier molecular flexibility index (Phi) is 5.99. The lowest BCUT2D eigenvalue weighted by molar-refractivity contribution is -0.137. The van der Waals surface area contributed by atoms with Crippen LogP contribution in [0.1, 0.15) is 18.1 Å². The van der Waals surface area contributed by atoms with E-state index < -0.39 is 29.5 Å². The number of carbonyl (C=O) groups is 1. The molecule has 0 fully saturated rings. The van der Waals surface area contributed by atoms with Gasteiger partial charge in [-0.15, -0.1) is 5.10 Å². The van der Waals surface area contributed by atoms with E-state index in [-0.39, 0.29) is 23.7 Å².